The summed E-state index contributed by atoms with van der Waals surface area (Å²) in [4.78, 5) is 0. The van der Waals surface area contributed by atoms with Crippen LogP contribution in [0.1, 0.15) is 38.7 Å². The van der Waals surface area contributed by atoms with Gasteiger partial charge in [-0.15, -0.1) is 0 Å². The molecule has 100 valence electrons. The van der Waals surface area contributed by atoms with E-state index in [-0.39, 0.29) is 5.41 Å². The molecule has 1 aromatic rings. The van der Waals surface area contributed by atoms with E-state index >= 15 is 0 Å². The van der Waals surface area contributed by atoms with Gasteiger partial charge >= 0.3 is 0 Å². The fraction of sp³-hybridized carbons (Fsp3) is 0.467. The van der Waals surface area contributed by atoms with Gasteiger partial charge in [-0.2, -0.15) is 10.5 Å². The van der Waals surface area contributed by atoms with E-state index in [1.165, 1.54) is 0 Å². The lowest BCUT2D eigenvalue weighted by atomic mass is 9.89. The van der Waals surface area contributed by atoms with Crippen LogP contribution in [0.4, 0.5) is 5.69 Å². The summed E-state index contributed by atoms with van der Waals surface area (Å²) in [5, 5.41) is 21.5. The Kier molecular flexibility index (Phi) is 5.67. The summed E-state index contributed by atoms with van der Waals surface area (Å²) in [5.41, 5.74) is 1.16. The molecule has 0 aliphatic heterocycles. The van der Waals surface area contributed by atoms with Crippen molar-refractivity contribution in [3.05, 3.63) is 28.8 Å². The number of hydrogen-bond donors (Lipinski definition) is 1. The molecule has 0 amide bonds. The first-order valence-corrected chi connectivity index (χ1v) is 6.71. The molecule has 0 aliphatic carbocycles. The summed E-state index contributed by atoms with van der Waals surface area (Å²) in [5.74, 6) is 0. The lowest BCUT2D eigenvalue weighted by Crippen LogP contribution is -2.09. The van der Waals surface area contributed by atoms with E-state index in [1.54, 1.807) is 12.1 Å². The molecule has 3 nitrogen and oxygen atoms in total. The van der Waals surface area contributed by atoms with Crippen molar-refractivity contribution in [3.63, 3.8) is 0 Å². The fourth-order valence-electron chi connectivity index (χ4n) is 1.70. The number of hydrogen-bond acceptors (Lipinski definition) is 3. The van der Waals surface area contributed by atoms with Gasteiger partial charge in [0.25, 0.3) is 0 Å². The van der Waals surface area contributed by atoms with E-state index < -0.39 is 0 Å². The Morgan fingerprint density at radius 2 is 2.00 bits per heavy atom. The van der Waals surface area contributed by atoms with Crippen molar-refractivity contribution in [2.45, 2.75) is 33.1 Å². The second-order valence-electron chi connectivity index (χ2n) is 5.19. The molecule has 0 unspecified atom stereocenters. The van der Waals surface area contributed by atoms with Crippen molar-refractivity contribution < 1.29 is 0 Å². The zero-order chi connectivity index (χ0) is 14.3. The SMILES string of the molecule is CC(C)(C#N)CCCCNc1ccc(C#N)cc1Cl. The van der Waals surface area contributed by atoms with Crippen LogP contribution in [0.15, 0.2) is 18.2 Å². The van der Waals surface area contributed by atoms with Crippen molar-refractivity contribution in [1.82, 2.24) is 0 Å². The average molecular weight is 276 g/mol. The van der Waals surface area contributed by atoms with E-state index in [0.717, 1.165) is 31.5 Å². The first kappa shape index (κ1) is 15.3. The Bertz CT molecular complexity index is 509. The van der Waals surface area contributed by atoms with Gasteiger partial charge in [-0.25, -0.2) is 0 Å². The van der Waals surface area contributed by atoms with Gasteiger partial charge in [-0.05, 0) is 44.9 Å². The Labute approximate surface area is 119 Å². The van der Waals surface area contributed by atoms with Crippen LogP contribution in [-0.4, -0.2) is 6.54 Å². The summed E-state index contributed by atoms with van der Waals surface area (Å²) in [7, 11) is 0. The lowest BCUT2D eigenvalue weighted by Gasteiger charge is -2.14. The number of nitriles is 2. The van der Waals surface area contributed by atoms with Crippen LogP contribution in [0.5, 0.6) is 0 Å². The highest BCUT2D eigenvalue weighted by atomic mass is 35.5. The summed E-state index contributed by atoms with van der Waals surface area (Å²) in [6.45, 7) is 4.73. The predicted molar refractivity (Wildman–Crippen MR) is 77.9 cm³/mol. The molecule has 0 fully saturated rings. The van der Waals surface area contributed by atoms with E-state index in [9.17, 15) is 0 Å². The van der Waals surface area contributed by atoms with Crippen molar-refractivity contribution in [2.24, 2.45) is 5.41 Å². The molecule has 1 N–H and O–H groups in total. The quantitative estimate of drug-likeness (QED) is 0.786. The normalized spacial score (nSPS) is 10.6. The highest BCUT2D eigenvalue weighted by Gasteiger charge is 2.15. The predicted octanol–water partition coefficient (Wildman–Crippen LogP) is 4.34. The molecule has 0 aliphatic rings. The smallest absolute Gasteiger partial charge is 0.0992 e. The molecule has 0 atom stereocenters. The first-order chi connectivity index (χ1) is 8.98. The van der Waals surface area contributed by atoms with Crippen molar-refractivity contribution in [3.8, 4) is 12.1 Å². The molecule has 0 saturated carbocycles. The minimum absolute atomic E-state index is 0.244. The minimum Gasteiger partial charge on any atom is -0.384 e. The van der Waals surface area contributed by atoms with E-state index in [1.807, 2.05) is 19.9 Å². The fourth-order valence-corrected chi connectivity index (χ4v) is 1.95. The number of halogens is 1. The van der Waals surface area contributed by atoms with Gasteiger partial charge in [0.15, 0.2) is 0 Å². The molecule has 0 radical (unpaired) electrons. The third-order valence-corrected chi connectivity index (χ3v) is 3.26. The molecular weight excluding hydrogens is 258 g/mol. The van der Waals surface area contributed by atoms with Gasteiger partial charge in [0.1, 0.15) is 0 Å². The molecular formula is C15H18ClN3. The molecule has 0 bridgehead atoms. The molecule has 19 heavy (non-hydrogen) atoms. The van der Waals surface area contributed by atoms with E-state index in [2.05, 4.69) is 17.5 Å². The summed E-state index contributed by atoms with van der Waals surface area (Å²) in [6, 6.07) is 9.57. The summed E-state index contributed by atoms with van der Waals surface area (Å²) in [6.07, 6.45) is 2.88. The topological polar surface area (TPSA) is 59.6 Å². The third kappa shape index (κ3) is 5.20. The zero-order valence-electron chi connectivity index (χ0n) is 11.3. The number of nitrogens with one attached hydrogen (secondary N) is 1. The second kappa shape index (κ2) is 7.02. The number of nitrogens with zero attached hydrogens (tertiary/aromatic N) is 2. The lowest BCUT2D eigenvalue weighted by molar-refractivity contribution is 0.430. The largest absolute Gasteiger partial charge is 0.384 e. The average Bonchev–Trinajstić information content (AvgIpc) is 2.39. The Balaban J connectivity index is 2.35. The second-order valence-corrected chi connectivity index (χ2v) is 5.59. The summed E-state index contributed by atoms with van der Waals surface area (Å²) >= 11 is 6.06. The molecule has 0 heterocycles. The van der Waals surface area contributed by atoms with Crippen molar-refractivity contribution >= 4 is 17.3 Å². The van der Waals surface area contributed by atoms with Crippen molar-refractivity contribution in [1.29, 1.82) is 10.5 Å². The standard InChI is InChI=1S/C15H18ClN3/c1-15(2,11-18)7-3-4-8-19-14-6-5-12(10-17)9-13(14)16/h5-6,9,19H,3-4,7-8H2,1-2H3. The maximum Gasteiger partial charge on any atom is 0.0992 e. The molecule has 0 aromatic heterocycles. The van der Waals surface area contributed by atoms with Gasteiger partial charge in [0.05, 0.1) is 33.8 Å². The number of rotatable bonds is 6. The Morgan fingerprint density at radius 1 is 1.26 bits per heavy atom. The van der Waals surface area contributed by atoms with Gasteiger partial charge < -0.3 is 5.32 Å². The molecule has 0 spiro atoms. The maximum absolute atomic E-state index is 8.90. The van der Waals surface area contributed by atoms with Crippen molar-refractivity contribution in [2.75, 3.05) is 11.9 Å². The van der Waals surface area contributed by atoms with Crippen LogP contribution in [-0.2, 0) is 0 Å². The van der Waals surface area contributed by atoms with Crippen LogP contribution < -0.4 is 5.32 Å². The number of benzene rings is 1. The van der Waals surface area contributed by atoms with Crippen LogP contribution in [0.3, 0.4) is 0 Å². The number of anilines is 1. The maximum atomic E-state index is 8.90. The Hall–Kier alpha value is -1.71. The molecule has 0 saturated heterocycles. The zero-order valence-corrected chi connectivity index (χ0v) is 12.1. The molecule has 1 rings (SSSR count). The Morgan fingerprint density at radius 3 is 2.58 bits per heavy atom. The van der Waals surface area contributed by atoms with Crippen LogP contribution in [0, 0.1) is 28.1 Å². The third-order valence-electron chi connectivity index (χ3n) is 2.94. The van der Waals surface area contributed by atoms with Crippen LogP contribution in [0.2, 0.25) is 5.02 Å². The monoisotopic (exact) mass is 275 g/mol. The highest BCUT2D eigenvalue weighted by Crippen LogP contribution is 2.24. The highest BCUT2D eigenvalue weighted by molar-refractivity contribution is 6.33. The van der Waals surface area contributed by atoms with E-state index in [4.69, 9.17) is 22.1 Å². The molecule has 1 aromatic carbocycles. The van der Waals surface area contributed by atoms with Gasteiger partial charge in [-0.1, -0.05) is 18.0 Å². The van der Waals surface area contributed by atoms with Crippen LogP contribution >= 0.6 is 11.6 Å². The minimum atomic E-state index is -0.244. The van der Waals surface area contributed by atoms with Gasteiger partial charge in [-0.3, -0.25) is 0 Å². The van der Waals surface area contributed by atoms with E-state index in [0.29, 0.717) is 10.6 Å². The number of unbranched alkanes of at least 4 members (excludes halogenated alkanes) is 1. The van der Waals surface area contributed by atoms with Gasteiger partial charge in [0, 0.05) is 6.54 Å². The summed E-state index contributed by atoms with van der Waals surface area (Å²) < 4.78 is 0. The molecule has 4 heteroatoms. The first-order valence-electron chi connectivity index (χ1n) is 6.33. The van der Waals surface area contributed by atoms with Gasteiger partial charge in [0.2, 0.25) is 0 Å². The van der Waals surface area contributed by atoms with Crippen LogP contribution in [0.25, 0.3) is 0 Å².